The highest BCUT2D eigenvalue weighted by atomic mass is 16.5. The molecule has 0 saturated heterocycles. The van der Waals surface area contributed by atoms with Crippen LogP contribution in [0.25, 0.3) is 0 Å². The summed E-state index contributed by atoms with van der Waals surface area (Å²) >= 11 is 0. The summed E-state index contributed by atoms with van der Waals surface area (Å²) in [6.07, 6.45) is 1.83. The van der Waals surface area contributed by atoms with Gasteiger partial charge in [-0.05, 0) is 49.9 Å². The minimum absolute atomic E-state index is 0.0351. The Bertz CT molecular complexity index is 1170. The van der Waals surface area contributed by atoms with Gasteiger partial charge in [0.25, 0.3) is 5.56 Å². The van der Waals surface area contributed by atoms with Gasteiger partial charge in [-0.3, -0.25) is 14.4 Å². The van der Waals surface area contributed by atoms with Crippen LogP contribution in [-0.2, 0) is 33.7 Å². The lowest BCUT2D eigenvalue weighted by molar-refractivity contribution is -0.142. The molecule has 0 amide bonds. The smallest absolute Gasteiger partial charge is 0.310 e. The highest BCUT2D eigenvalue weighted by molar-refractivity contribution is 5.78. The largest absolute Gasteiger partial charge is 0.466 e. The number of hydrogen-bond acceptors (Lipinski definition) is 6. The Balaban J connectivity index is 0.000000269. The quantitative estimate of drug-likeness (QED) is 0.447. The molecule has 186 valence electrons. The van der Waals surface area contributed by atoms with E-state index in [1.165, 1.54) is 21.9 Å². The molecule has 0 aliphatic carbocycles. The number of ether oxygens (including phenoxy) is 1. The molecule has 0 spiro atoms. The Labute approximate surface area is 206 Å². The lowest BCUT2D eigenvalue weighted by Gasteiger charge is -2.07. The Kier molecular flexibility index (Phi) is 11.6. The summed E-state index contributed by atoms with van der Waals surface area (Å²) in [5, 5.41) is 12.8. The van der Waals surface area contributed by atoms with Gasteiger partial charge in [0.15, 0.2) is 0 Å². The summed E-state index contributed by atoms with van der Waals surface area (Å²) in [5.74, 6) is -0.116. The first kappa shape index (κ1) is 27.7. The number of aryl methyl sites for hydroxylation is 3. The number of nitrogens with zero attached hydrogens (tertiary/aromatic N) is 2. The fourth-order valence-corrected chi connectivity index (χ4v) is 3.45. The number of carbonyl (C=O) groups excluding carboxylic acids is 2. The van der Waals surface area contributed by atoms with Crippen molar-refractivity contribution >= 4 is 11.8 Å². The summed E-state index contributed by atoms with van der Waals surface area (Å²) < 4.78 is 6.35. The van der Waals surface area contributed by atoms with Crippen molar-refractivity contribution in [3.05, 3.63) is 99.0 Å². The number of hydrogen-bond donors (Lipinski definition) is 1. The molecule has 0 saturated carbocycles. The predicted octanol–water partition coefficient (Wildman–Crippen LogP) is 3.58. The fraction of sp³-hybridized carbons (Fsp3) is 0.357. The average Bonchev–Trinajstić information content (AvgIpc) is 2.81. The standard InChI is InChI=1S/C16H18N2O3.C12H16O2/c1-3-21-16(20)10-13-5-4-6-14(9-13)11-18-15(19)8-7-12(2)17-18;1-10-3-2-4-11(9-10)5-6-12(14)7-8-13/h4-9H,3,10-11H2,1-2H3;2-4,9,13H,5-8H2,1H3. The van der Waals surface area contributed by atoms with E-state index in [2.05, 4.69) is 11.2 Å². The summed E-state index contributed by atoms with van der Waals surface area (Å²) in [6, 6.07) is 18.9. The molecular weight excluding hydrogens is 444 g/mol. The first-order chi connectivity index (χ1) is 16.8. The molecule has 0 atom stereocenters. The molecule has 7 nitrogen and oxygen atoms in total. The molecule has 0 aliphatic rings. The second-order valence-corrected chi connectivity index (χ2v) is 8.27. The number of ketones is 1. The van der Waals surface area contributed by atoms with Crippen molar-refractivity contribution in [3.8, 4) is 0 Å². The van der Waals surface area contributed by atoms with Crippen LogP contribution in [0.3, 0.4) is 0 Å². The number of carbonyl (C=O) groups is 2. The van der Waals surface area contributed by atoms with E-state index in [4.69, 9.17) is 9.84 Å². The van der Waals surface area contributed by atoms with Gasteiger partial charge in [-0.25, -0.2) is 4.68 Å². The van der Waals surface area contributed by atoms with E-state index in [-0.39, 0.29) is 36.8 Å². The number of Topliss-reactive ketones (excluding diaryl/α,β-unsaturated/α-hetero) is 1. The number of aliphatic hydroxyl groups excluding tert-OH is 1. The third-order valence-electron chi connectivity index (χ3n) is 5.14. The van der Waals surface area contributed by atoms with Crippen molar-refractivity contribution in [2.24, 2.45) is 0 Å². The molecular formula is C28H34N2O5. The molecule has 0 bridgehead atoms. The van der Waals surface area contributed by atoms with Gasteiger partial charge in [-0.2, -0.15) is 5.10 Å². The third-order valence-corrected chi connectivity index (χ3v) is 5.14. The van der Waals surface area contributed by atoms with Crippen molar-refractivity contribution in [3.63, 3.8) is 0 Å². The molecule has 7 heteroatoms. The molecule has 0 unspecified atom stereocenters. The van der Waals surface area contributed by atoms with Crippen molar-refractivity contribution in [2.75, 3.05) is 13.2 Å². The number of aliphatic hydroxyl groups is 1. The molecule has 0 radical (unpaired) electrons. The van der Waals surface area contributed by atoms with Gasteiger partial charge in [-0.1, -0.05) is 54.1 Å². The minimum Gasteiger partial charge on any atom is -0.466 e. The Morgan fingerprint density at radius 1 is 0.943 bits per heavy atom. The van der Waals surface area contributed by atoms with Crippen LogP contribution >= 0.6 is 0 Å². The molecule has 3 rings (SSSR count). The van der Waals surface area contributed by atoms with E-state index < -0.39 is 0 Å². The summed E-state index contributed by atoms with van der Waals surface area (Å²) in [6.45, 7) is 6.39. The van der Waals surface area contributed by atoms with Crippen LogP contribution in [0.2, 0.25) is 0 Å². The van der Waals surface area contributed by atoms with Crippen molar-refractivity contribution in [1.29, 1.82) is 0 Å². The molecule has 1 N–H and O–H groups in total. The zero-order valence-electron chi connectivity index (χ0n) is 20.7. The molecule has 2 aromatic carbocycles. The van der Waals surface area contributed by atoms with Crippen LogP contribution in [0.5, 0.6) is 0 Å². The van der Waals surface area contributed by atoms with Gasteiger partial charge in [-0.15, -0.1) is 0 Å². The second kappa shape index (κ2) is 14.6. The second-order valence-electron chi connectivity index (χ2n) is 8.27. The van der Waals surface area contributed by atoms with Gasteiger partial charge in [0, 0.05) is 25.5 Å². The fourth-order valence-electron chi connectivity index (χ4n) is 3.45. The van der Waals surface area contributed by atoms with Crippen LogP contribution < -0.4 is 5.56 Å². The first-order valence-electron chi connectivity index (χ1n) is 11.8. The summed E-state index contributed by atoms with van der Waals surface area (Å²) in [4.78, 5) is 34.4. The van der Waals surface area contributed by atoms with Crippen LogP contribution in [0.1, 0.15) is 47.7 Å². The molecule has 0 aliphatic heterocycles. The minimum atomic E-state index is -0.250. The van der Waals surface area contributed by atoms with E-state index >= 15 is 0 Å². The van der Waals surface area contributed by atoms with Gasteiger partial charge in [0.05, 0.1) is 25.3 Å². The number of esters is 1. The van der Waals surface area contributed by atoms with Crippen molar-refractivity contribution in [1.82, 2.24) is 9.78 Å². The Hall–Kier alpha value is -3.58. The van der Waals surface area contributed by atoms with E-state index in [0.29, 0.717) is 19.6 Å². The summed E-state index contributed by atoms with van der Waals surface area (Å²) in [5.41, 5.74) is 4.85. The van der Waals surface area contributed by atoms with E-state index in [9.17, 15) is 14.4 Å². The monoisotopic (exact) mass is 478 g/mol. The van der Waals surface area contributed by atoms with Gasteiger partial charge < -0.3 is 9.84 Å². The SMILES string of the molecule is CCOC(=O)Cc1cccc(Cn2nc(C)ccc2=O)c1.Cc1cccc(CCC(=O)CCO)c1. The summed E-state index contributed by atoms with van der Waals surface area (Å²) in [7, 11) is 0. The van der Waals surface area contributed by atoms with Crippen LogP contribution in [0, 0.1) is 13.8 Å². The van der Waals surface area contributed by atoms with Gasteiger partial charge in [0.1, 0.15) is 5.78 Å². The maximum absolute atomic E-state index is 11.7. The molecule has 1 aromatic heterocycles. The first-order valence-corrected chi connectivity index (χ1v) is 11.8. The van der Waals surface area contributed by atoms with E-state index in [1.54, 1.807) is 13.0 Å². The third kappa shape index (κ3) is 10.5. The van der Waals surface area contributed by atoms with Gasteiger partial charge in [0.2, 0.25) is 0 Å². The zero-order chi connectivity index (χ0) is 25.6. The van der Waals surface area contributed by atoms with E-state index in [0.717, 1.165) is 23.2 Å². The molecule has 1 heterocycles. The van der Waals surface area contributed by atoms with Crippen molar-refractivity contribution in [2.45, 2.75) is 53.0 Å². The molecule has 35 heavy (non-hydrogen) atoms. The lowest BCUT2D eigenvalue weighted by atomic mass is 10.0. The lowest BCUT2D eigenvalue weighted by Crippen LogP contribution is -2.23. The predicted molar refractivity (Wildman–Crippen MR) is 135 cm³/mol. The zero-order valence-corrected chi connectivity index (χ0v) is 20.7. The van der Waals surface area contributed by atoms with Crippen LogP contribution in [0.15, 0.2) is 65.5 Å². The highest BCUT2D eigenvalue weighted by Crippen LogP contribution is 2.09. The Morgan fingerprint density at radius 2 is 1.66 bits per heavy atom. The normalized spacial score (nSPS) is 10.3. The van der Waals surface area contributed by atoms with Gasteiger partial charge >= 0.3 is 5.97 Å². The van der Waals surface area contributed by atoms with E-state index in [1.807, 2.05) is 56.3 Å². The van der Waals surface area contributed by atoms with Crippen LogP contribution in [-0.4, -0.2) is 39.9 Å². The maximum atomic E-state index is 11.7. The average molecular weight is 479 g/mol. The van der Waals surface area contributed by atoms with Crippen LogP contribution in [0.4, 0.5) is 0 Å². The molecule has 3 aromatic rings. The number of benzene rings is 2. The van der Waals surface area contributed by atoms with Crippen molar-refractivity contribution < 1.29 is 19.4 Å². The number of rotatable bonds is 10. The maximum Gasteiger partial charge on any atom is 0.310 e. The topological polar surface area (TPSA) is 98.5 Å². The molecule has 0 fully saturated rings. The number of aromatic nitrogens is 2. The highest BCUT2D eigenvalue weighted by Gasteiger charge is 2.06. The Morgan fingerprint density at radius 3 is 2.37 bits per heavy atom.